The van der Waals surface area contributed by atoms with Crippen LogP contribution in [0.1, 0.15) is 16.1 Å². The molecular weight excluding hydrogens is 287 g/mol. The highest BCUT2D eigenvalue weighted by molar-refractivity contribution is 6.11. The number of pyridine rings is 1. The van der Waals surface area contributed by atoms with Gasteiger partial charge in [-0.05, 0) is 25.1 Å². The fraction of sp³-hybridized carbons (Fsp3) is 0.0667. The quantitative estimate of drug-likeness (QED) is 0.757. The van der Waals surface area contributed by atoms with E-state index in [1.807, 2.05) is 0 Å². The number of nitrogens with zero attached hydrogens (tertiary/aromatic N) is 2. The Morgan fingerprint density at radius 1 is 1.32 bits per heavy atom. The van der Waals surface area contributed by atoms with Crippen molar-refractivity contribution < 1.29 is 9.18 Å². The molecule has 0 aliphatic carbocycles. The zero-order chi connectivity index (χ0) is 15.7. The number of aryl methyl sites for hydroxylation is 1. The van der Waals surface area contributed by atoms with Crippen molar-refractivity contribution in [1.82, 2.24) is 15.0 Å². The van der Waals surface area contributed by atoms with Crippen molar-refractivity contribution in [2.45, 2.75) is 6.92 Å². The molecule has 1 aromatic carbocycles. The molecule has 0 fully saturated rings. The van der Waals surface area contributed by atoms with E-state index in [4.69, 9.17) is 0 Å². The second-order valence-corrected chi connectivity index (χ2v) is 4.74. The SMILES string of the molecule is Cc1cc(NC(=O)c2cc(F)cc3cccnc23)nc(=O)[nH]1. The van der Waals surface area contributed by atoms with Gasteiger partial charge in [0.1, 0.15) is 11.6 Å². The molecule has 0 aliphatic heterocycles. The van der Waals surface area contributed by atoms with E-state index in [2.05, 4.69) is 20.3 Å². The van der Waals surface area contributed by atoms with Crippen molar-refractivity contribution in [3.05, 3.63) is 64.1 Å². The lowest BCUT2D eigenvalue weighted by atomic mass is 10.1. The summed E-state index contributed by atoms with van der Waals surface area (Å²) in [7, 11) is 0. The molecule has 2 aromatic heterocycles. The van der Waals surface area contributed by atoms with Gasteiger partial charge >= 0.3 is 5.69 Å². The maximum Gasteiger partial charge on any atom is 0.347 e. The van der Waals surface area contributed by atoms with Crippen molar-refractivity contribution in [1.29, 1.82) is 0 Å². The molecule has 0 unspecified atom stereocenters. The lowest BCUT2D eigenvalue weighted by molar-refractivity contribution is 0.102. The lowest BCUT2D eigenvalue weighted by Crippen LogP contribution is -2.19. The molecule has 2 N–H and O–H groups in total. The number of amides is 1. The van der Waals surface area contributed by atoms with Crippen LogP contribution >= 0.6 is 0 Å². The number of rotatable bonds is 2. The topological polar surface area (TPSA) is 87.7 Å². The van der Waals surface area contributed by atoms with Crippen LogP contribution in [0.4, 0.5) is 10.2 Å². The molecule has 0 bridgehead atoms. The number of benzene rings is 1. The van der Waals surface area contributed by atoms with Crippen LogP contribution < -0.4 is 11.0 Å². The molecule has 3 aromatic rings. The Morgan fingerprint density at radius 2 is 2.14 bits per heavy atom. The molecule has 7 heteroatoms. The first-order valence-corrected chi connectivity index (χ1v) is 6.46. The van der Waals surface area contributed by atoms with Gasteiger partial charge in [0.05, 0.1) is 11.1 Å². The van der Waals surface area contributed by atoms with Crippen LogP contribution in [0.5, 0.6) is 0 Å². The molecule has 110 valence electrons. The van der Waals surface area contributed by atoms with Crippen molar-refractivity contribution in [2.75, 3.05) is 5.32 Å². The summed E-state index contributed by atoms with van der Waals surface area (Å²) in [5.74, 6) is -1.03. The number of H-pyrrole nitrogens is 1. The molecule has 1 amide bonds. The van der Waals surface area contributed by atoms with E-state index in [0.717, 1.165) is 6.07 Å². The Kier molecular flexibility index (Phi) is 3.38. The zero-order valence-corrected chi connectivity index (χ0v) is 11.6. The van der Waals surface area contributed by atoms with Crippen LogP contribution in [0.2, 0.25) is 0 Å². The molecule has 0 radical (unpaired) electrons. The summed E-state index contributed by atoms with van der Waals surface area (Å²) in [5, 5.41) is 3.00. The minimum atomic E-state index is -0.583. The third kappa shape index (κ3) is 2.69. The van der Waals surface area contributed by atoms with Crippen molar-refractivity contribution in [2.24, 2.45) is 0 Å². The van der Waals surface area contributed by atoms with Gasteiger partial charge < -0.3 is 10.3 Å². The van der Waals surface area contributed by atoms with E-state index in [-0.39, 0.29) is 11.4 Å². The Bertz CT molecular complexity index is 936. The Labute approximate surface area is 124 Å². The zero-order valence-electron chi connectivity index (χ0n) is 11.6. The smallest absolute Gasteiger partial charge is 0.310 e. The van der Waals surface area contributed by atoms with E-state index in [0.29, 0.717) is 16.6 Å². The number of carbonyl (C=O) groups excluding carboxylic acids is 1. The van der Waals surface area contributed by atoms with Gasteiger partial charge in [0.2, 0.25) is 0 Å². The summed E-state index contributed by atoms with van der Waals surface area (Å²) in [4.78, 5) is 33.9. The third-order valence-electron chi connectivity index (χ3n) is 3.04. The summed E-state index contributed by atoms with van der Waals surface area (Å²) in [5.41, 5.74) is 0.438. The summed E-state index contributed by atoms with van der Waals surface area (Å²) in [6.07, 6.45) is 1.52. The number of aromatic amines is 1. The number of aromatic nitrogens is 3. The average Bonchev–Trinajstić information content (AvgIpc) is 2.45. The monoisotopic (exact) mass is 298 g/mol. The molecule has 2 heterocycles. The molecule has 0 atom stereocenters. The third-order valence-corrected chi connectivity index (χ3v) is 3.04. The Balaban J connectivity index is 2.03. The summed E-state index contributed by atoms with van der Waals surface area (Å²) < 4.78 is 13.6. The van der Waals surface area contributed by atoms with Crippen molar-refractivity contribution in [3.8, 4) is 0 Å². The number of anilines is 1. The summed E-state index contributed by atoms with van der Waals surface area (Å²) in [6.45, 7) is 1.66. The minimum absolute atomic E-state index is 0.0790. The summed E-state index contributed by atoms with van der Waals surface area (Å²) in [6, 6.07) is 7.23. The largest absolute Gasteiger partial charge is 0.347 e. The van der Waals surface area contributed by atoms with Gasteiger partial charge in [-0.15, -0.1) is 0 Å². The second-order valence-electron chi connectivity index (χ2n) is 4.74. The molecule has 0 saturated heterocycles. The van der Waals surface area contributed by atoms with E-state index in [1.165, 1.54) is 18.3 Å². The van der Waals surface area contributed by atoms with Gasteiger partial charge in [-0.3, -0.25) is 9.78 Å². The Morgan fingerprint density at radius 3 is 2.91 bits per heavy atom. The number of nitrogens with one attached hydrogen (secondary N) is 2. The Hall–Kier alpha value is -3.09. The van der Waals surface area contributed by atoms with Gasteiger partial charge in [-0.2, -0.15) is 4.98 Å². The van der Waals surface area contributed by atoms with Crippen molar-refractivity contribution in [3.63, 3.8) is 0 Å². The number of hydrogen-bond donors (Lipinski definition) is 2. The van der Waals surface area contributed by atoms with Gasteiger partial charge in [-0.1, -0.05) is 6.07 Å². The molecule has 0 aliphatic rings. The van der Waals surface area contributed by atoms with E-state index in [1.54, 1.807) is 19.1 Å². The lowest BCUT2D eigenvalue weighted by Gasteiger charge is -2.07. The van der Waals surface area contributed by atoms with E-state index in [9.17, 15) is 14.0 Å². The van der Waals surface area contributed by atoms with Crippen LogP contribution in [0.3, 0.4) is 0 Å². The first kappa shape index (κ1) is 13.9. The van der Waals surface area contributed by atoms with Crippen LogP contribution in [0, 0.1) is 12.7 Å². The fourth-order valence-electron chi connectivity index (χ4n) is 2.16. The van der Waals surface area contributed by atoms with Gasteiger partial charge in [-0.25, -0.2) is 9.18 Å². The molecule has 3 rings (SSSR count). The van der Waals surface area contributed by atoms with Gasteiger partial charge in [0.15, 0.2) is 0 Å². The van der Waals surface area contributed by atoms with Crippen LogP contribution in [0.15, 0.2) is 41.3 Å². The average molecular weight is 298 g/mol. The van der Waals surface area contributed by atoms with Crippen molar-refractivity contribution >= 4 is 22.6 Å². The highest BCUT2D eigenvalue weighted by Gasteiger charge is 2.14. The predicted molar refractivity (Wildman–Crippen MR) is 79.2 cm³/mol. The number of carbonyl (C=O) groups is 1. The van der Waals surface area contributed by atoms with Crippen LogP contribution in [-0.4, -0.2) is 20.9 Å². The van der Waals surface area contributed by atoms with E-state index < -0.39 is 17.4 Å². The normalized spacial score (nSPS) is 10.6. The van der Waals surface area contributed by atoms with Crippen LogP contribution in [0.25, 0.3) is 10.9 Å². The second kappa shape index (κ2) is 5.36. The standard InChI is InChI=1S/C15H11FN4O2/c1-8-5-12(20-15(22)18-8)19-14(21)11-7-10(16)6-9-3-2-4-17-13(9)11/h2-7H,1H3,(H2,18,19,20,21,22). The molecule has 0 spiro atoms. The maximum atomic E-state index is 13.6. The number of halogens is 1. The number of hydrogen-bond acceptors (Lipinski definition) is 4. The molecular formula is C15H11FN4O2. The van der Waals surface area contributed by atoms with E-state index >= 15 is 0 Å². The minimum Gasteiger partial charge on any atom is -0.310 e. The first-order valence-electron chi connectivity index (χ1n) is 6.46. The van der Waals surface area contributed by atoms with Gasteiger partial charge in [0, 0.05) is 23.3 Å². The number of fused-ring (bicyclic) bond motifs is 1. The molecule has 22 heavy (non-hydrogen) atoms. The van der Waals surface area contributed by atoms with Gasteiger partial charge in [0.25, 0.3) is 5.91 Å². The predicted octanol–water partition coefficient (Wildman–Crippen LogP) is 2.02. The van der Waals surface area contributed by atoms with Crippen LogP contribution in [-0.2, 0) is 0 Å². The molecule has 6 nitrogen and oxygen atoms in total. The first-order chi connectivity index (χ1) is 10.5. The molecule has 0 saturated carbocycles. The maximum absolute atomic E-state index is 13.6. The summed E-state index contributed by atoms with van der Waals surface area (Å²) >= 11 is 0. The highest BCUT2D eigenvalue weighted by atomic mass is 19.1. The highest BCUT2D eigenvalue weighted by Crippen LogP contribution is 2.19. The fourth-order valence-corrected chi connectivity index (χ4v) is 2.16.